The zero-order valence-electron chi connectivity index (χ0n) is 8.35. The van der Waals surface area contributed by atoms with Crippen LogP contribution in [-0.4, -0.2) is 4.98 Å². The molecule has 78 valence electrons. The number of pyridine rings is 1. The number of nitrogens with zero attached hydrogens (tertiary/aromatic N) is 1. The van der Waals surface area contributed by atoms with Gasteiger partial charge in [0.15, 0.2) is 0 Å². The number of fused-ring (bicyclic) bond motifs is 1. The number of para-hydroxylation sites is 1. The van der Waals surface area contributed by atoms with E-state index in [1.54, 1.807) is 11.3 Å². The van der Waals surface area contributed by atoms with Gasteiger partial charge in [0.2, 0.25) is 0 Å². The van der Waals surface area contributed by atoms with Crippen LogP contribution in [-0.2, 0) is 0 Å². The van der Waals surface area contributed by atoms with Crippen molar-refractivity contribution in [3.63, 3.8) is 0 Å². The molecule has 0 aliphatic carbocycles. The maximum Gasteiger partial charge on any atom is 0.138 e. The Morgan fingerprint density at radius 2 is 1.94 bits per heavy atom. The van der Waals surface area contributed by atoms with Crippen molar-refractivity contribution < 1.29 is 0 Å². The SMILES string of the molecule is Clc1nc2ccccc2cc1-c1cccs1. The van der Waals surface area contributed by atoms with Crippen LogP contribution in [0.3, 0.4) is 0 Å². The topological polar surface area (TPSA) is 12.9 Å². The first-order valence-electron chi connectivity index (χ1n) is 4.94. The summed E-state index contributed by atoms with van der Waals surface area (Å²) in [5.74, 6) is 0. The molecule has 0 spiro atoms. The van der Waals surface area contributed by atoms with E-state index in [1.807, 2.05) is 29.6 Å². The van der Waals surface area contributed by atoms with Gasteiger partial charge >= 0.3 is 0 Å². The fourth-order valence-electron chi connectivity index (χ4n) is 1.70. The molecule has 0 saturated heterocycles. The predicted molar refractivity (Wildman–Crippen MR) is 70.1 cm³/mol. The van der Waals surface area contributed by atoms with Gasteiger partial charge in [-0.05, 0) is 23.6 Å². The fourth-order valence-corrected chi connectivity index (χ4v) is 2.74. The molecule has 3 aromatic rings. The lowest BCUT2D eigenvalue weighted by molar-refractivity contribution is 1.41. The maximum absolute atomic E-state index is 6.19. The molecule has 0 amide bonds. The van der Waals surface area contributed by atoms with Crippen molar-refractivity contribution in [1.82, 2.24) is 4.98 Å². The van der Waals surface area contributed by atoms with Crippen LogP contribution < -0.4 is 0 Å². The van der Waals surface area contributed by atoms with Crippen molar-refractivity contribution in [2.45, 2.75) is 0 Å². The van der Waals surface area contributed by atoms with Crippen LogP contribution in [0.25, 0.3) is 21.3 Å². The summed E-state index contributed by atoms with van der Waals surface area (Å²) in [6.07, 6.45) is 0. The highest BCUT2D eigenvalue weighted by Crippen LogP contribution is 2.32. The van der Waals surface area contributed by atoms with E-state index in [1.165, 1.54) is 0 Å². The van der Waals surface area contributed by atoms with Gasteiger partial charge in [0.1, 0.15) is 5.15 Å². The Hall–Kier alpha value is -1.38. The summed E-state index contributed by atoms with van der Waals surface area (Å²) in [5.41, 5.74) is 1.95. The van der Waals surface area contributed by atoms with Crippen LogP contribution in [0.1, 0.15) is 0 Å². The quantitative estimate of drug-likeness (QED) is 0.570. The summed E-state index contributed by atoms with van der Waals surface area (Å²) in [6.45, 7) is 0. The number of hydrogen-bond acceptors (Lipinski definition) is 2. The van der Waals surface area contributed by atoms with E-state index in [0.717, 1.165) is 21.3 Å². The van der Waals surface area contributed by atoms with Crippen molar-refractivity contribution in [3.05, 3.63) is 53.0 Å². The minimum atomic E-state index is 0.571. The smallest absolute Gasteiger partial charge is 0.138 e. The van der Waals surface area contributed by atoms with Crippen molar-refractivity contribution >= 4 is 33.8 Å². The number of hydrogen-bond donors (Lipinski definition) is 0. The molecular formula is C13H8ClNS. The summed E-state index contributed by atoms with van der Waals surface area (Å²) in [6, 6.07) is 14.2. The largest absolute Gasteiger partial charge is 0.235 e. The molecule has 0 aliphatic heterocycles. The average molecular weight is 246 g/mol. The van der Waals surface area contributed by atoms with E-state index in [9.17, 15) is 0 Å². The zero-order chi connectivity index (χ0) is 11.0. The van der Waals surface area contributed by atoms with E-state index in [0.29, 0.717) is 5.15 Å². The molecule has 0 saturated carbocycles. The average Bonchev–Trinajstić information content (AvgIpc) is 2.81. The van der Waals surface area contributed by atoms with Gasteiger partial charge in [-0.25, -0.2) is 4.98 Å². The fraction of sp³-hybridized carbons (Fsp3) is 0. The molecule has 0 bridgehead atoms. The molecule has 3 rings (SSSR count). The second-order valence-electron chi connectivity index (χ2n) is 3.50. The summed E-state index contributed by atoms with van der Waals surface area (Å²) >= 11 is 7.86. The summed E-state index contributed by atoms with van der Waals surface area (Å²) in [4.78, 5) is 5.56. The zero-order valence-corrected chi connectivity index (χ0v) is 9.92. The van der Waals surface area contributed by atoms with Crippen molar-refractivity contribution in [2.75, 3.05) is 0 Å². The molecule has 0 fully saturated rings. The van der Waals surface area contributed by atoms with Gasteiger partial charge in [0.25, 0.3) is 0 Å². The van der Waals surface area contributed by atoms with Crippen LogP contribution in [0, 0.1) is 0 Å². The summed E-state index contributed by atoms with van der Waals surface area (Å²) in [7, 11) is 0. The van der Waals surface area contributed by atoms with Gasteiger partial charge in [-0.3, -0.25) is 0 Å². The van der Waals surface area contributed by atoms with E-state index in [2.05, 4.69) is 23.2 Å². The van der Waals surface area contributed by atoms with E-state index in [4.69, 9.17) is 11.6 Å². The molecule has 0 unspecified atom stereocenters. The molecule has 2 aromatic heterocycles. The van der Waals surface area contributed by atoms with Crippen molar-refractivity contribution in [2.24, 2.45) is 0 Å². The number of thiophene rings is 1. The highest BCUT2D eigenvalue weighted by Gasteiger charge is 2.07. The molecular weight excluding hydrogens is 238 g/mol. The predicted octanol–water partition coefficient (Wildman–Crippen LogP) is 4.62. The first-order valence-corrected chi connectivity index (χ1v) is 6.19. The number of benzene rings is 1. The van der Waals surface area contributed by atoms with Gasteiger partial charge in [-0.2, -0.15) is 0 Å². The minimum absolute atomic E-state index is 0.571. The molecule has 3 heteroatoms. The van der Waals surface area contributed by atoms with E-state index < -0.39 is 0 Å². The van der Waals surface area contributed by atoms with Gasteiger partial charge < -0.3 is 0 Å². The second-order valence-corrected chi connectivity index (χ2v) is 4.80. The third-order valence-electron chi connectivity index (χ3n) is 2.46. The summed E-state index contributed by atoms with van der Waals surface area (Å²) in [5, 5.41) is 3.73. The number of halogens is 1. The first kappa shape index (κ1) is 9.82. The van der Waals surface area contributed by atoms with E-state index in [-0.39, 0.29) is 0 Å². The lowest BCUT2D eigenvalue weighted by Gasteiger charge is -2.03. The van der Waals surface area contributed by atoms with Crippen LogP contribution >= 0.6 is 22.9 Å². The first-order chi connectivity index (χ1) is 7.84. The Morgan fingerprint density at radius 3 is 2.75 bits per heavy atom. The Balaban J connectivity index is 2.30. The molecule has 0 radical (unpaired) electrons. The molecule has 0 N–H and O–H groups in total. The lowest BCUT2D eigenvalue weighted by atomic mass is 10.1. The third kappa shape index (κ3) is 1.60. The highest BCUT2D eigenvalue weighted by atomic mass is 35.5. The van der Waals surface area contributed by atoms with Crippen LogP contribution in [0.5, 0.6) is 0 Å². The van der Waals surface area contributed by atoms with Crippen molar-refractivity contribution in [1.29, 1.82) is 0 Å². The van der Waals surface area contributed by atoms with Crippen LogP contribution in [0.4, 0.5) is 0 Å². The third-order valence-corrected chi connectivity index (χ3v) is 3.66. The minimum Gasteiger partial charge on any atom is -0.235 e. The highest BCUT2D eigenvalue weighted by molar-refractivity contribution is 7.13. The van der Waals surface area contributed by atoms with Crippen molar-refractivity contribution in [3.8, 4) is 10.4 Å². The molecule has 1 aromatic carbocycles. The normalized spacial score (nSPS) is 10.8. The van der Waals surface area contributed by atoms with Crippen LogP contribution in [0.15, 0.2) is 47.8 Å². The molecule has 2 heterocycles. The Kier molecular flexibility index (Phi) is 2.39. The Labute approximate surface area is 102 Å². The standard InChI is InChI=1S/C13H8ClNS/c14-13-10(12-6-3-7-16-12)8-9-4-1-2-5-11(9)15-13/h1-8H. The van der Waals surface area contributed by atoms with Crippen LogP contribution in [0.2, 0.25) is 5.15 Å². The van der Waals surface area contributed by atoms with Gasteiger partial charge in [0, 0.05) is 15.8 Å². The Morgan fingerprint density at radius 1 is 1.06 bits per heavy atom. The lowest BCUT2D eigenvalue weighted by Crippen LogP contribution is -1.83. The molecule has 0 aliphatic rings. The Bertz CT molecular complexity index is 631. The number of rotatable bonds is 1. The molecule has 0 atom stereocenters. The van der Waals surface area contributed by atoms with Gasteiger partial charge in [-0.15, -0.1) is 11.3 Å². The maximum atomic E-state index is 6.19. The number of aromatic nitrogens is 1. The molecule has 1 nitrogen and oxygen atoms in total. The van der Waals surface area contributed by atoms with Gasteiger partial charge in [0.05, 0.1) is 5.52 Å². The summed E-state index contributed by atoms with van der Waals surface area (Å²) < 4.78 is 0. The second kappa shape index (κ2) is 3.89. The van der Waals surface area contributed by atoms with E-state index >= 15 is 0 Å². The van der Waals surface area contributed by atoms with Gasteiger partial charge in [-0.1, -0.05) is 35.9 Å². The monoisotopic (exact) mass is 245 g/mol. The molecule has 16 heavy (non-hydrogen) atoms.